The van der Waals surface area contributed by atoms with Crippen molar-refractivity contribution in [1.82, 2.24) is 10.1 Å². The van der Waals surface area contributed by atoms with Gasteiger partial charge in [0.1, 0.15) is 6.10 Å². The monoisotopic (exact) mass is 330 g/mol. The molecule has 1 aromatic carbocycles. The van der Waals surface area contributed by atoms with Crippen LogP contribution in [0.5, 0.6) is 0 Å². The molecule has 4 nitrogen and oxygen atoms in total. The van der Waals surface area contributed by atoms with Crippen molar-refractivity contribution in [3.05, 3.63) is 33.7 Å². The summed E-state index contributed by atoms with van der Waals surface area (Å²) in [5.74, 6) is 0.796. The first-order valence-corrected chi connectivity index (χ1v) is 6.06. The molecule has 84 valence electrons. The fourth-order valence-electron chi connectivity index (χ4n) is 1.30. The molecule has 0 aliphatic carbocycles. The fraction of sp³-hybridized carbons (Fsp3) is 0.273. The van der Waals surface area contributed by atoms with E-state index in [0.717, 1.165) is 9.13 Å². The number of aliphatic hydroxyl groups is 1. The largest absolute Gasteiger partial charge is 0.385 e. The molecule has 2 aromatic rings. The molecule has 2 rings (SSSR count). The normalized spacial score (nSPS) is 12.7. The molecule has 16 heavy (non-hydrogen) atoms. The summed E-state index contributed by atoms with van der Waals surface area (Å²) in [6.45, 7) is 1.87. The molecule has 1 unspecified atom stereocenters. The van der Waals surface area contributed by atoms with Gasteiger partial charge in [0, 0.05) is 3.57 Å². The van der Waals surface area contributed by atoms with Gasteiger partial charge in [-0.3, -0.25) is 0 Å². The highest BCUT2D eigenvalue weighted by molar-refractivity contribution is 14.1. The number of hydrogen-bond acceptors (Lipinski definition) is 4. The van der Waals surface area contributed by atoms with Crippen molar-refractivity contribution < 1.29 is 9.63 Å². The average molecular weight is 330 g/mol. The standard InChI is InChI=1S/C11H11IN2O2/c1-2-9(15)10-13-11(16-14-10)7-5-3-4-6-8(7)12/h3-6,9,15H,2H2,1H3. The maximum atomic E-state index is 9.57. The minimum absolute atomic E-state index is 0.345. The first-order chi connectivity index (χ1) is 7.72. The zero-order chi connectivity index (χ0) is 11.5. The van der Waals surface area contributed by atoms with Crippen LogP contribution in [0.1, 0.15) is 25.3 Å². The maximum absolute atomic E-state index is 9.57. The van der Waals surface area contributed by atoms with Crippen molar-refractivity contribution in [3.63, 3.8) is 0 Å². The van der Waals surface area contributed by atoms with Crippen molar-refractivity contribution in [3.8, 4) is 11.5 Å². The molecule has 0 radical (unpaired) electrons. The Bertz CT molecular complexity index is 484. The van der Waals surface area contributed by atoms with Gasteiger partial charge >= 0.3 is 0 Å². The van der Waals surface area contributed by atoms with Gasteiger partial charge in [0.25, 0.3) is 5.89 Å². The molecule has 1 N–H and O–H groups in total. The van der Waals surface area contributed by atoms with Crippen LogP contribution in [-0.4, -0.2) is 15.2 Å². The minimum atomic E-state index is -0.654. The molecular weight excluding hydrogens is 319 g/mol. The Kier molecular flexibility index (Phi) is 3.55. The smallest absolute Gasteiger partial charge is 0.259 e. The molecule has 0 saturated heterocycles. The summed E-state index contributed by atoms with van der Waals surface area (Å²) in [6.07, 6.45) is -0.0796. The zero-order valence-corrected chi connectivity index (χ0v) is 10.9. The van der Waals surface area contributed by atoms with E-state index in [4.69, 9.17) is 4.52 Å². The fourth-order valence-corrected chi connectivity index (χ4v) is 1.91. The summed E-state index contributed by atoms with van der Waals surface area (Å²) >= 11 is 2.21. The molecule has 0 aliphatic heterocycles. The van der Waals surface area contributed by atoms with Crippen molar-refractivity contribution in [2.24, 2.45) is 0 Å². The maximum Gasteiger partial charge on any atom is 0.259 e. The lowest BCUT2D eigenvalue weighted by molar-refractivity contribution is 0.159. The summed E-state index contributed by atoms with van der Waals surface area (Å²) < 4.78 is 6.17. The van der Waals surface area contributed by atoms with Crippen LogP contribution < -0.4 is 0 Å². The van der Waals surface area contributed by atoms with Gasteiger partial charge in [-0.15, -0.1) is 0 Å². The van der Waals surface area contributed by atoms with Crippen LogP contribution in [0, 0.1) is 3.57 Å². The third-order valence-electron chi connectivity index (χ3n) is 2.23. The van der Waals surface area contributed by atoms with Crippen LogP contribution in [0.4, 0.5) is 0 Å². The second-order valence-corrected chi connectivity index (χ2v) is 4.52. The van der Waals surface area contributed by atoms with E-state index in [9.17, 15) is 5.11 Å². The highest BCUT2D eigenvalue weighted by Crippen LogP contribution is 2.24. The Morgan fingerprint density at radius 1 is 1.44 bits per heavy atom. The number of aromatic nitrogens is 2. The van der Waals surface area contributed by atoms with Crippen LogP contribution in [0.3, 0.4) is 0 Å². The Morgan fingerprint density at radius 3 is 2.88 bits per heavy atom. The Labute approximate surface area is 107 Å². The molecule has 1 atom stereocenters. The van der Waals surface area contributed by atoms with Gasteiger partial charge in [-0.2, -0.15) is 4.98 Å². The van der Waals surface area contributed by atoms with Gasteiger partial charge in [-0.05, 0) is 41.1 Å². The van der Waals surface area contributed by atoms with E-state index in [2.05, 4.69) is 32.7 Å². The first kappa shape index (κ1) is 11.5. The second-order valence-electron chi connectivity index (χ2n) is 3.36. The zero-order valence-electron chi connectivity index (χ0n) is 8.72. The Balaban J connectivity index is 2.35. The van der Waals surface area contributed by atoms with Crippen LogP contribution in [0.2, 0.25) is 0 Å². The summed E-state index contributed by atoms with van der Waals surface area (Å²) in [4.78, 5) is 4.18. The number of halogens is 1. The van der Waals surface area contributed by atoms with Crippen LogP contribution in [-0.2, 0) is 0 Å². The van der Waals surface area contributed by atoms with Gasteiger partial charge in [0.2, 0.25) is 5.82 Å². The highest BCUT2D eigenvalue weighted by atomic mass is 127. The molecule has 5 heteroatoms. The Hall–Kier alpha value is -0.950. The number of rotatable bonds is 3. The summed E-state index contributed by atoms with van der Waals surface area (Å²) in [5, 5.41) is 13.3. The number of hydrogen-bond donors (Lipinski definition) is 1. The van der Waals surface area contributed by atoms with E-state index in [-0.39, 0.29) is 0 Å². The van der Waals surface area contributed by atoms with Crippen LogP contribution in [0.25, 0.3) is 11.5 Å². The quantitative estimate of drug-likeness (QED) is 0.879. The number of nitrogens with zero attached hydrogens (tertiary/aromatic N) is 2. The lowest BCUT2D eigenvalue weighted by Gasteiger charge is -1.99. The summed E-state index contributed by atoms with van der Waals surface area (Å²) in [7, 11) is 0. The lowest BCUT2D eigenvalue weighted by atomic mass is 10.2. The van der Waals surface area contributed by atoms with Gasteiger partial charge in [-0.25, -0.2) is 0 Å². The molecule has 0 bridgehead atoms. The minimum Gasteiger partial charge on any atom is -0.385 e. The van der Waals surface area contributed by atoms with Crippen molar-refractivity contribution in [2.45, 2.75) is 19.4 Å². The molecule has 0 aliphatic rings. The van der Waals surface area contributed by atoms with E-state index >= 15 is 0 Å². The summed E-state index contributed by atoms with van der Waals surface area (Å²) in [6, 6.07) is 7.74. The Morgan fingerprint density at radius 2 is 2.19 bits per heavy atom. The van der Waals surface area contributed by atoms with Crippen LogP contribution >= 0.6 is 22.6 Å². The highest BCUT2D eigenvalue weighted by Gasteiger charge is 2.15. The van der Waals surface area contributed by atoms with Gasteiger partial charge in [0.15, 0.2) is 0 Å². The average Bonchev–Trinajstić information content (AvgIpc) is 2.78. The van der Waals surface area contributed by atoms with Crippen LogP contribution in [0.15, 0.2) is 28.8 Å². The SMILES string of the molecule is CCC(O)c1noc(-c2ccccc2I)n1. The molecule has 0 amide bonds. The summed E-state index contributed by atoms with van der Waals surface area (Å²) in [5.41, 5.74) is 0.894. The first-order valence-electron chi connectivity index (χ1n) is 4.99. The van der Waals surface area contributed by atoms with Gasteiger partial charge in [0.05, 0.1) is 5.56 Å². The molecular formula is C11H11IN2O2. The van der Waals surface area contributed by atoms with Gasteiger partial charge < -0.3 is 9.63 Å². The topological polar surface area (TPSA) is 59.2 Å². The van der Waals surface area contributed by atoms with Crippen molar-refractivity contribution in [2.75, 3.05) is 0 Å². The molecule has 1 aromatic heterocycles. The van der Waals surface area contributed by atoms with E-state index in [1.807, 2.05) is 31.2 Å². The van der Waals surface area contributed by atoms with E-state index in [0.29, 0.717) is 18.1 Å². The molecule has 1 heterocycles. The van der Waals surface area contributed by atoms with E-state index < -0.39 is 6.10 Å². The van der Waals surface area contributed by atoms with E-state index in [1.165, 1.54) is 0 Å². The number of aliphatic hydroxyl groups excluding tert-OH is 1. The van der Waals surface area contributed by atoms with Crippen molar-refractivity contribution in [1.29, 1.82) is 0 Å². The van der Waals surface area contributed by atoms with E-state index in [1.54, 1.807) is 0 Å². The van der Waals surface area contributed by atoms with Gasteiger partial charge in [-0.1, -0.05) is 24.2 Å². The predicted molar refractivity (Wildman–Crippen MR) is 67.7 cm³/mol. The molecule has 0 saturated carbocycles. The molecule has 0 fully saturated rings. The van der Waals surface area contributed by atoms with Crippen molar-refractivity contribution >= 4 is 22.6 Å². The third-order valence-corrected chi connectivity index (χ3v) is 3.17. The number of benzene rings is 1. The second kappa shape index (κ2) is 4.92. The third kappa shape index (κ3) is 2.25. The predicted octanol–water partition coefficient (Wildman–Crippen LogP) is 2.78. The lowest BCUT2D eigenvalue weighted by Crippen LogP contribution is -1.97. The molecule has 0 spiro atoms.